The predicted octanol–water partition coefficient (Wildman–Crippen LogP) is 2.59. The number of nitrogens with two attached hydrogens (primary N) is 1. The number of benzene rings is 1. The molecule has 1 aromatic carbocycles. The molecule has 0 unspecified atom stereocenters. The minimum atomic E-state index is -4.69. The van der Waals surface area contributed by atoms with Crippen molar-refractivity contribution in [3.63, 3.8) is 0 Å². The molecule has 9 heteroatoms. The summed E-state index contributed by atoms with van der Waals surface area (Å²) in [5.74, 6) is -4.66. The van der Waals surface area contributed by atoms with Crippen LogP contribution in [0.5, 0.6) is 5.75 Å². The highest BCUT2D eigenvalue weighted by Crippen LogP contribution is 2.32. The van der Waals surface area contributed by atoms with Gasteiger partial charge in [0.2, 0.25) is 0 Å². The quantitative estimate of drug-likeness (QED) is 0.593. The summed E-state index contributed by atoms with van der Waals surface area (Å²) in [7, 11) is 0. The third-order valence-electron chi connectivity index (χ3n) is 2.71. The van der Waals surface area contributed by atoms with Crippen molar-refractivity contribution in [3.05, 3.63) is 42.0 Å². The highest BCUT2D eigenvalue weighted by Gasteiger charge is 2.33. The average molecular weight is 338 g/mol. The lowest BCUT2D eigenvalue weighted by Crippen LogP contribution is -2.41. The summed E-state index contributed by atoms with van der Waals surface area (Å²) >= 11 is 0. The summed E-state index contributed by atoms with van der Waals surface area (Å²) in [6, 6.07) is 2.21. The predicted molar refractivity (Wildman–Crippen MR) is 73.5 cm³/mol. The maximum atomic E-state index is 13.0. The van der Waals surface area contributed by atoms with E-state index < -0.39 is 42.2 Å². The molecule has 4 nitrogen and oxygen atoms in total. The van der Waals surface area contributed by atoms with E-state index in [1.807, 2.05) is 5.32 Å². The lowest BCUT2D eigenvalue weighted by Gasteiger charge is -2.17. The van der Waals surface area contributed by atoms with Crippen LogP contribution in [-0.4, -0.2) is 31.5 Å². The second-order valence-corrected chi connectivity index (χ2v) is 4.55. The molecule has 3 N–H and O–H groups in total. The minimum absolute atomic E-state index is 0.0649. The molecule has 1 rings (SSSR count). The first-order valence-corrected chi connectivity index (χ1v) is 6.42. The lowest BCUT2D eigenvalue weighted by molar-refractivity contribution is -0.137. The molecule has 0 bridgehead atoms. The Morgan fingerprint density at radius 3 is 2.48 bits per heavy atom. The molecule has 0 spiro atoms. The van der Waals surface area contributed by atoms with Gasteiger partial charge in [0.1, 0.15) is 12.4 Å². The Kier molecular flexibility index (Phi) is 6.08. The van der Waals surface area contributed by atoms with Gasteiger partial charge < -0.3 is 15.8 Å². The summed E-state index contributed by atoms with van der Waals surface area (Å²) in [5.41, 5.74) is 3.22. The van der Waals surface area contributed by atoms with Crippen LogP contribution in [0.4, 0.5) is 22.0 Å². The Morgan fingerprint density at radius 2 is 1.96 bits per heavy atom. The Hall–Kier alpha value is -2.16. The fourth-order valence-corrected chi connectivity index (χ4v) is 1.54. The molecule has 0 saturated carbocycles. The van der Waals surface area contributed by atoms with Crippen molar-refractivity contribution in [1.82, 2.24) is 5.32 Å². The van der Waals surface area contributed by atoms with Gasteiger partial charge in [-0.05, 0) is 18.2 Å². The zero-order valence-electron chi connectivity index (χ0n) is 11.9. The topological polar surface area (TPSA) is 64.3 Å². The number of rotatable bonds is 7. The Balaban J connectivity index is 3.07. The average Bonchev–Trinajstić information content (AvgIpc) is 2.49. The smallest absolute Gasteiger partial charge is 0.416 e. The number of carbonyl (C=O) groups is 1. The van der Waals surface area contributed by atoms with E-state index in [1.165, 1.54) is 6.08 Å². The Bertz CT molecular complexity index is 573. The number of halogens is 5. The van der Waals surface area contributed by atoms with E-state index in [0.717, 1.165) is 12.1 Å². The fraction of sp³-hybridized carbons (Fsp3) is 0.357. The van der Waals surface area contributed by atoms with Gasteiger partial charge in [-0.1, -0.05) is 12.7 Å². The van der Waals surface area contributed by atoms with Crippen LogP contribution in [0, 0.1) is 0 Å². The zero-order valence-corrected chi connectivity index (χ0v) is 11.9. The minimum Gasteiger partial charge on any atom is -0.489 e. The summed E-state index contributed by atoms with van der Waals surface area (Å²) in [4.78, 5) is 11.9. The number of carbonyl (C=O) groups excluding carboxylic acids is 1. The summed E-state index contributed by atoms with van der Waals surface area (Å²) in [5, 5.41) is 1.84. The SMILES string of the molecule is C=CCOc1ccc(C(F)(F)F)cc1C(=O)NCC(F)(F)CN. The first kappa shape index (κ1) is 18.9. The maximum absolute atomic E-state index is 13.0. The van der Waals surface area contributed by atoms with E-state index in [1.54, 1.807) is 0 Å². The van der Waals surface area contributed by atoms with Gasteiger partial charge in [-0.2, -0.15) is 13.2 Å². The van der Waals surface area contributed by atoms with E-state index in [9.17, 15) is 26.7 Å². The van der Waals surface area contributed by atoms with Gasteiger partial charge in [-0.15, -0.1) is 0 Å². The van der Waals surface area contributed by atoms with Gasteiger partial charge in [0.25, 0.3) is 11.8 Å². The summed E-state index contributed by atoms with van der Waals surface area (Å²) < 4.78 is 69.3. The summed E-state index contributed by atoms with van der Waals surface area (Å²) in [6.07, 6.45) is -3.37. The van der Waals surface area contributed by atoms with E-state index in [-0.39, 0.29) is 12.4 Å². The molecule has 0 aromatic heterocycles. The van der Waals surface area contributed by atoms with Crippen molar-refractivity contribution in [2.75, 3.05) is 19.7 Å². The van der Waals surface area contributed by atoms with Crippen LogP contribution in [-0.2, 0) is 6.18 Å². The molecule has 0 aliphatic rings. The van der Waals surface area contributed by atoms with Crippen LogP contribution in [0.25, 0.3) is 0 Å². The van der Waals surface area contributed by atoms with Crippen LogP contribution >= 0.6 is 0 Å². The number of hydrogen-bond acceptors (Lipinski definition) is 3. The first-order valence-electron chi connectivity index (χ1n) is 6.42. The largest absolute Gasteiger partial charge is 0.489 e. The van der Waals surface area contributed by atoms with Crippen LogP contribution in [0.1, 0.15) is 15.9 Å². The molecule has 0 aliphatic carbocycles. The second-order valence-electron chi connectivity index (χ2n) is 4.55. The highest BCUT2D eigenvalue weighted by molar-refractivity contribution is 5.97. The van der Waals surface area contributed by atoms with Gasteiger partial charge >= 0.3 is 6.18 Å². The monoisotopic (exact) mass is 338 g/mol. The number of alkyl halides is 5. The van der Waals surface area contributed by atoms with Gasteiger partial charge in [-0.3, -0.25) is 4.79 Å². The molecule has 0 fully saturated rings. The van der Waals surface area contributed by atoms with Gasteiger partial charge in [-0.25, -0.2) is 8.78 Å². The second kappa shape index (κ2) is 7.40. The molecular weight excluding hydrogens is 323 g/mol. The highest BCUT2D eigenvalue weighted by atomic mass is 19.4. The standard InChI is InChI=1S/C14H15F5N2O2/c1-2-5-23-11-4-3-9(14(17,18)19)6-10(11)12(22)21-8-13(15,16)7-20/h2-4,6H,1,5,7-8,20H2,(H,21,22). The van der Waals surface area contributed by atoms with E-state index in [2.05, 4.69) is 6.58 Å². The summed E-state index contributed by atoms with van der Waals surface area (Å²) in [6.45, 7) is 1.20. The van der Waals surface area contributed by atoms with Crippen LogP contribution < -0.4 is 15.8 Å². The number of hydrogen-bond donors (Lipinski definition) is 2. The molecular formula is C14H15F5N2O2. The van der Waals surface area contributed by atoms with Gasteiger partial charge in [0.05, 0.1) is 24.2 Å². The number of ether oxygens (including phenoxy) is 1. The maximum Gasteiger partial charge on any atom is 0.416 e. The van der Waals surface area contributed by atoms with Gasteiger partial charge in [0, 0.05) is 0 Å². The van der Waals surface area contributed by atoms with Crippen LogP contribution in [0.2, 0.25) is 0 Å². The van der Waals surface area contributed by atoms with Crippen molar-refractivity contribution in [2.45, 2.75) is 12.1 Å². The normalized spacial score (nSPS) is 11.9. The molecule has 1 amide bonds. The Labute approximate surface area is 129 Å². The number of amides is 1. The zero-order chi connectivity index (χ0) is 17.7. The molecule has 0 radical (unpaired) electrons. The van der Waals surface area contributed by atoms with E-state index in [0.29, 0.717) is 6.07 Å². The van der Waals surface area contributed by atoms with Gasteiger partial charge in [0.15, 0.2) is 0 Å². The van der Waals surface area contributed by atoms with Crippen molar-refractivity contribution in [3.8, 4) is 5.75 Å². The third kappa shape index (κ3) is 5.51. The molecule has 128 valence electrons. The molecule has 0 heterocycles. The van der Waals surface area contributed by atoms with Crippen LogP contribution in [0.3, 0.4) is 0 Å². The van der Waals surface area contributed by atoms with Crippen molar-refractivity contribution in [1.29, 1.82) is 0 Å². The van der Waals surface area contributed by atoms with Crippen molar-refractivity contribution in [2.24, 2.45) is 5.73 Å². The molecule has 1 aromatic rings. The van der Waals surface area contributed by atoms with E-state index >= 15 is 0 Å². The van der Waals surface area contributed by atoms with Crippen LogP contribution in [0.15, 0.2) is 30.9 Å². The van der Waals surface area contributed by atoms with Crippen molar-refractivity contribution >= 4 is 5.91 Å². The Morgan fingerprint density at radius 1 is 1.30 bits per heavy atom. The third-order valence-corrected chi connectivity index (χ3v) is 2.71. The molecule has 0 saturated heterocycles. The fourth-order valence-electron chi connectivity index (χ4n) is 1.54. The lowest BCUT2D eigenvalue weighted by atomic mass is 10.1. The van der Waals surface area contributed by atoms with Crippen molar-refractivity contribution < 1.29 is 31.5 Å². The number of nitrogens with one attached hydrogen (secondary N) is 1. The van der Waals surface area contributed by atoms with E-state index in [4.69, 9.17) is 10.5 Å². The molecule has 23 heavy (non-hydrogen) atoms. The molecule has 0 aliphatic heterocycles. The first-order chi connectivity index (χ1) is 10.6. The molecule has 0 atom stereocenters.